The molecular weight excluding hydrogens is 552 g/mol. The van der Waals surface area contributed by atoms with Crippen LogP contribution in [0, 0.1) is 18.4 Å². The summed E-state index contributed by atoms with van der Waals surface area (Å²) < 4.78 is 34.6. The van der Waals surface area contributed by atoms with Crippen LogP contribution >= 0.6 is 31.9 Å². The molecule has 0 unspecified atom stereocenters. The largest absolute Gasteiger partial charge is 0.447 e. The van der Waals surface area contributed by atoms with E-state index in [0.717, 1.165) is 5.56 Å². The molecule has 0 aliphatic carbocycles. The highest BCUT2D eigenvalue weighted by molar-refractivity contribution is 9.11. The summed E-state index contributed by atoms with van der Waals surface area (Å²) in [5.74, 6) is 0. The number of nitrogens with zero attached hydrogens (tertiary/aromatic N) is 2. The summed E-state index contributed by atoms with van der Waals surface area (Å²) in [6.07, 6.45) is 1.74. The van der Waals surface area contributed by atoms with Gasteiger partial charge >= 0.3 is 6.09 Å². The molecule has 0 radical (unpaired) electrons. The molecule has 31 heavy (non-hydrogen) atoms. The second-order valence-corrected chi connectivity index (χ2v) is 10.6. The third kappa shape index (κ3) is 6.20. The maximum absolute atomic E-state index is 12.8. The van der Waals surface area contributed by atoms with E-state index in [-0.39, 0.29) is 18.0 Å². The van der Waals surface area contributed by atoms with Gasteiger partial charge in [-0.25, -0.2) is 17.9 Å². The number of benzene rings is 2. The lowest BCUT2D eigenvalue weighted by molar-refractivity contribution is 0.134. The van der Waals surface area contributed by atoms with Gasteiger partial charge in [-0.15, -0.1) is 0 Å². The number of amides is 1. The molecule has 0 spiro atoms. The normalized spacial score (nSPS) is 18.5. The third-order valence-corrected chi connectivity index (χ3v) is 7.73. The molecule has 0 saturated carbocycles. The van der Waals surface area contributed by atoms with Gasteiger partial charge in [0.05, 0.1) is 10.9 Å². The number of likely N-dealkylation sites (tertiary alicyclic amines) is 1. The molecular formula is C20H20Br2N4O4S. The van der Waals surface area contributed by atoms with Gasteiger partial charge in [-0.2, -0.15) is 5.26 Å². The topological polar surface area (TPSA) is 112 Å². The van der Waals surface area contributed by atoms with Crippen molar-refractivity contribution in [1.82, 2.24) is 9.62 Å². The van der Waals surface area contributed by atoms with Crippen molar-refractivity contribution < 1.29 is 17.9 Å². The van der Waals surface area contributed by atoms with Crippen LogP contribution in [0.15, 0.2) is 56.3 Å². The predicted molar refractivity (Wildman–Crippen MR) is 123 cm³/mol. The monoisotopic (exact) mass is 570 g/mol. The van der Waals surface area contributed by atoms with Crippen molar-refractivity contribution in [3.63, 3.8) is 0 Å². The van der Waals surface area contributed by atoms with Gasteiger partial charge in [-0.3, -0.25) is 5.32 Å². The Balaban J connectivity index is 1.59. The van der Waals surface area contributed by atoms with Crippen LogP contribution in [0.4, 0.5) is 10.5 Å². The molecule has 2 atom stereocenters. The van der Waals surface area contributed by atoms with E-state index in [2.05, 4.69) is 41.9 Å². The number of anilines is 1. The molecule has 1 aliphatic heterocycles. The molecule has 1 saturated heterocycles. The van der Waals surface area contributed by atoms with Gasteiger partial charge in [0, 0.05) is 27.2 Å². The first-order chi connectivity index (χ1) is 14.7. The van der Waals surface area contributed by atoms with Gasteiger partial charge in [0.2, 0.25) is 10.0 Å². The Morgan fingerprint density at radius 3 is 2.77 bits per heavy atom. The Bertz CT molecular complexity index is 1120. The van der Waals surface area contributed by atoms with Crippen molar-refractivity contribution in [2.75, 3.05) is 18.5 Å². The first kappa shape index (κ1) is 23.5. The Morgan fingerprint density at radius 2 is 2.06 bits per heavy atom. The lowest BCUT2D eigenvalue weighted by Crippen LogP contribution is -2.36. The number of hydrogen-bond acceptors (Lipinski definition) is 6. The second kappa shape index (κ2) is 9.99. The Labute approximate surface area is 197 Å². The molecule has 1 heterocycles. The van der Waals surface area contributed by atoms with E-state index < -0.39 is 28.2 Å². The number of sulfonamides is 1. The van der Waals surface area contributed by atoms with Gasteiger partial charge in [-0.1, -0.05) is 28.1 Å². The average Bonchev–Trinajstić information content (AvgIpc) is 3.09. The van der Waals surface area contributed by atoms with E-state index in [1.807, 2.05) is 31.3 Å². The molecule has 0 aromatic heterocycles. The number of hydrogen-bond donors (Lipinski definition) is 2. The molecule has 2 N–H and O–H groups in total. The zero-order chi connectivity index (χ0) is 22.6. The predicted octanol–water partition coefficient (Wildman–Crippen LogP) is 3.97. The van der Waals surface area contributed by atoms with Gasteiger partial charge in [-0.05, 0) is 65.2 Å². The van der Waals surface area contributed by atoms with E-state index >= 15 is 0 Å². The Morgan fingerprint density at radius 1 is 1.29 bits per heavy atom. The van der Waals surface area contributed by atoms with Crippen LogP contribution < -0.4 is 10.0 Å². The molecule has 1 fully saturated rings. The van der Waals surface area contributed by atoms with Crippen LogP contribution in [0.3, 0.4) is 0 Å². The van der Waals surface area contributed by atoms with Crippen molar-refractivity contribution in [2.45, 2.75) is 30.3 Å². The summed E-state index contributed by atoms with van der Waals surface area (Å²) in [4.78, 5) is 13.6. The minimum atomic E-state index is -3.81. The molecule has 164 valence electrons. The van der Waals surface area contributed by atoms with Gasteiger partial charge in [0.15, 0.2) is 6.19 Å². The average molecular weight is 572 g/mol. The van der Waals surface area contributed by atoms with E-state index in [0.29, 0.717) is 21.1 Å². The Hall–Kier alpha value is -2.13. The molecule has 8 nitrogen and oxygen atoms in total. The number of ether oxygens (including phenoxy) is 1. The third-order valence-electron chi connectivity index (χ3n) is 4.72. The minimum Gasteiger partial charge on any atom is -0.447 e. The summed E-state index contributed by atoms with van der Waals surface area (Å²) in [5.41, 5.74) is 1.61. The SMILES string of the molecule is Cc1cccc(NC(=O)OC[C@H]2C[C@@H](NS(=O)(=O)c3cc(Br)ccc3Br)CN2C#N)c1. The highest BCUT2D eigenvalue weighted by atomic mass is 79.9. The van der Waals surface area contributed by atoms with E-state index in [1.54, 1.807) is 18.2 Å². The van der Waals surface area contributed by atoms with Gasteiger partial charge < -0.3 is 9.64 Å². The minimum absolute atomic E-state index is 0.0377. The summed E-state index contributed by atoms with van der Waals surface area (Å²) in [6.45, 7) is 2.06. The summed E-state index contributed by atoms with van der Waals surface area (Å²) in [7, 11) is -3.81. The summed E-state index contributed by atoms with van der Waals surface area (Å²) in [5, 5.41) is 12.0. The van der Waals surface area contributed by atoms with Crippen LogP contribution in [0.5, 0.6) is 0 Å². The van der Waals surface area contributed by atoms with Crippen LogP contribution in [0.2, 0.25) is 0 Å². The van der Waals surface area contributed by atoms with Crippen molar-refractivity contribution in [1.29, 1.82) is 5.26 Å². The van der Waals surface area contributed by atoms with E-state index in [1.165, 1.54) is 11.0 Å². The lowest BCUT2D eigenvalue weighted by Gasteiger charge is -2.17. The fourth-order valence-electron chi connectivity index (χ4n) is 3.30. The second-order valence-electron chi connectivity index (χ2n) is 7.13. The van der Waals surface area contributed by atoms with Crippen molar-refractivity contribution >= 4 is 53.7 Å². The van der Waals surface area contributed by atoms with Crippen LogP contribution in [-0.2, 0) is 14.8 Å². The maximum Gasteiger partial charge on any atom is 0.411 e. The number of aryl methyl sites for hydroxylation is 1. The molecule has 2 aromatic carbocycles. The standard InChI is InChI=1S/C20H20Br2N4O4S/c1-13-3-2-4-15(7-13)24-20(27)30-11-17-9-16(10-26(17)12-23)25-31(28,29)19-8-14(21)5-6-18(19)22/h2-8,16-17,25H,9-11H2,1H3,(H,24,27)/t16-,17-/m1/s1. The fourth-order valence-corrected chi connectivity index (χ4v) is 6.04. The highest BCUT2D eigenvalue weighted by Crippen LogP contribution is 2.27. The molecule has 0 bridgehead atoms. The van der Waals surface area contributed by atoms with Crippen LogP contribution in [0.1, 0.15) is 12.0 Å². The van der Waals surface area contributed by atoms with Crippen LogP contribution in [-0.4, -0.2) is 44.6 Å². The number of carbonyl (C=O) groups excluding carboxylic acids is 1. The fraction of sp³-hybridized carbons (Fsp3) is 0.300. The number of nitrogens with one attached hydrogen (secondary N) is 2. The van der Waals surface area contributed by atoms with E-state index in [9.17, 15) is 18.5 Å². The molecule has 2 aromatic rings. The quantitative estimate of drug-likeness (QED) is 0.507. The number of nitriles is 1. The maximum atomic E-state index is 12.8. The zero-order valence-corrected chi connectivity index (χ0v) is 20.5. The van der Waals surface area contributed by atoms with Crippen molar-refractivity contribution in [3.8, 4) is 6.19 Å². The van der Waals surface area contributed by atoms with Gasteiger partial charge in [0.25, 0.3) is 0 Å². The molecule has 11 heteroatoms. The number of carbonyl (C=O) groups is 1. The number of halogens is 2. The smallest absolute Gasteiger partial charge is 0.411 e. The first-order valence-electron chi connectivity index (χ1n) is 9.32. The summed E-state index contributed by atoms with van der Waals surface area (Å²) >= 11 is 6.53. The Kier molecular flexibility index (Phi) is 7.59. The van der Waals surface area contributed by atoms with Crippen molar-refractivity contribution in [3.05, 3.63) is 57.0 Å². The molecule has 1 amide bonds. The zero-order valence-electron chi connectivity index (χ0n) is 16.5. The lowest BCUT2D eigenvalue weighted by atomic mass is 10.2. The molecule has 3 rings (SSSR count). The number of rotatable bonds is 6. The van der Waals surface area contributed by atoms with Gasteiger partial charge in [0.1, 0.15) is 6.61 Å². The molecule has 1 aliphatic rings. The summed E-state index contributed by atoms with van der Waals surface area (Å²) in [6, 6.07) is 11.2. The highest BCUT2D eigenvalue weighted by Gasteiger charge is 2.35. The van der Waals surface area contributed by atoms with Crippen LogP contribution in [0.25, 0.3) is 0 Å². The van der Waals surface area contributed by atoms with Crippen molar-refractivity contribution in [2.24, 2.45) is 0 Å². The van der Waals surface area contributed by atoms with E-state index in [4.69, 9.17) is 4.74 Å². The first-order valence-corrected chi connectivity index (χ1v) is 12.4.